The SMILES string of the molecule is COc1ccccc1CC(Cc1nccs1)NN. The van der Waals surface area contributed by atoms with Crippen LogP contribution < -0.4 is 16.0 Å². The van der Waals surface area contributed by atoms with E-state index in [1.54, 1.807) is 18.4 Å². The second-order valence-electron chi connectivity index (χ2n) is 4.01. The quantitative estimate of drug-likeness (QED) is 0.616. The molecule has 0 bridgehead atoms. The van der Waals surface area contributed by atoms with Crippen molar-refractivity contribution in [1.29, 1.82) is 0 Å². The molecule has 0 aliphatic rings. The molecule has 3 N–H and O–H groups in total. The molecule has 0 aliphatic carbocycles. The van der Waals surface area contributed by atoms with Crippen LogP contribution in [-0.4, -0.2) is 18.1 Å². The van der Waals surface area contributed by atoms with Crippen LogP contribution in [0.2, 0.25) is 0 Å². The number of hydrogen-bond donors (Lipinski definition) is 2. The molecule has 0 amide bonds. The highest BCUT2D eigenvalue weighted by Crippen LogP contribution is 2.20. The lowest BCUT2D eigenvalue weighted by Gasteiger charge is -2.16. The van der Waals surface area contributed by atoms with Crippen LogP contribution in [0.4, 0.5) is 0 Å². The van der Waals surface area contributed by atoms with E-state index in [4.69, 9.17) is 10.6 Å². The number of hydrazine groups is 1. The Hall–Kier alpha value is -1.43. The summed E-state index contributed by atoms with van der Waals surface area (Å²) in [5.74, 6) is 6.51. The minimum Gasteiger partial charge on any atom is -0.496 e. The van der Waals surface area contributed by atoms with Crippen LogP contribution in [0.5, 0.6) is 5.75 Å². The predicted octanol–water partition coefficient (Wildman–Crippen LogP) is 1.77. The number of aromatic nitrogens is 1. The van der Waals surface area contributed by atoms with Gasteiger partial charge in [0.25, 0.3) is 0 Å². The van der Waals surface area contributed by atoms with Crippen molar-refractivity contribution in [1.82, 2.24) is 10.4 Å². The van der Waals surface area contributed by atoms with Gasteiger partial charge in [0.15, 0.2) is 0 Å². The maximum Gasteiger partial charge on any atom is 0.122 e. The first-order chi connectivity index (χ1) is 8.83. The van der Waals surface area contributed by atoms with Gasteiger partial charge < -0.3 is 4.74 Å². The van der Waals surface area contributed by atoms with Crippen molar-refractivity contribution in [2.45, 2.75) is 18.9 Å². The molecule has 1 heterocycles. The molecule has 2 aromatic rings. The van der Waals surface area contributed by atoms with E-state index >= 15 is 0 Å². The highest BCUT2D eigenvalue weighted by molar-refractivity contribution is 7.09. The third kappa shape index (κ3) is 3.29. The third-order valence-electron chi connectivity index (χ3n) is 2.80. The van der Waals surface area contributed by atoms with E-state index in [-0.39, 0.29) is 6.04 Å². The topological polar surface area (TPSA) is 60.2 Å². The standard InChI is InChI=1S/C13H17N3OS/c1-17-12-5-3-2-4-10(12)8-11(16-14)9-13-15-6-7-18-13/h2-7,11,16H,8-9,14H2,1H3. The summed E-state index contributed by atoms with van der Waals surface area (Å²) in [7, 11) is 1.69. The minimum absolute atomic E-state index is 0.160. The summed E-state index contributed by atoms with van der Waals surface area (Å²) in [6, 6.07) is 8.16. The van der Waals surface area contributed by atoms with Gasteiger partial charge in [-0.3, -0.25) is 11.3 Å². The fourth-order valence-electron chi connectivity index (χ4n) is 1.89. The maximum absolute atomic E-state index is 5.61. The molecular weight excluding hydrogens is 246 g/mol. The smallest absolute Gasteiger partial charge is 0.122 e. The van der Waals surface area contributed by atoms with Crippen LogP contribution in [0, 0.1) is 0 Å². The summed E-state index contributed by atoms with van der Waals surface area (Å²) in [4.78, 5) is 4.28. The average Bonchev–Trinajstić information content (AvgIpc) is 2.91. The van der Waals surface area contributed by atoms with E-state index in [1.807, 2.05) is 29.8 Å². The molecule has 0 fully saturated rings. The zero-order chi connectivity index (χ0) is 12.8. The number of benzene rings is 1. The number of nitrogens with two attached hydrogens (primary N) is 1. The van der Waals surface area contributed by atoms with Crippen LogP contribution in [0.25, 0.3) is 0 Å². The number of nitrogens with one attached hydrogen (secondary N) is 1. The van der Waals surface area contributed by atoms with Crippen molar-refractivity contribution in [3.8, 4) is 5.75 Å². The molecule has 0 aliphatic heterocycles. The number of ether oxygens (including phenoxy) is 1. The monoisotopic (exact) mass is 263 g/mol. The fraction of sp³-hybridized carbons (Fsp3) is 0.308. The number of thiazole rings is 1. The van der Waals surface area contributed by atoms with E-state index in [0.29, 0.717) is 0 Å². The van der Waals surface area contributed by atoms with Crippen LogP contribution in [0.3, 0.4) is 0 Å². The summed E-state index contributed by atoms with van der Waals surface area (Å²) >= 11 is 1.65. The van der Waals surface area contributed by atoms with Crippen molar-refractivity contribution < 1.29 is 4.74 Å². The summed E-state index contributed by atoms with van der Waals surface area (Å²) in [6.45, 7) is 0. The first kappa shape index (κ1) is 13.0. The normalized spacial score (nSPS) is 12.3. The highest BCUT2D eigenvalue weighted by Gasteiger charge is 2.12. The molecule has 18 heavy (non-hydrogen) atoms. The molecule has 96 valence electrons. The van der Waals surface area contributed by atoms with Crippen LogP contribution in [-0.2, 0) is 12.8 Å². The van der Waals surface area contributed by atoms with Crippen molar-refractivity contribution in [2.75, 3.05) is 7.11 Å². The van der Waals surface area contributed by atoms with Crippen molar-refractivity contribution in [3.63, 3.8) is 0 Å². The van der Waals surface area contributed by atoms with E-state index in [9.17, 15) is 0 Å². The van der Waals surface area contributed by atoms with Gasteiger partial charge in [-0.2, -0.15) is 0 Å². The number of methoxy groups -OCH3 is 1. The molecule has 0 spiro atoms. The third-order valence-corrected chi connectivity index (χ3v) is 3.60. The second-order valence-corrected chi connectivity index (χ2v) is 4.99. The maximum atomic E-state index is 5.61. The Kier molecular flexibility index (Phi) is 4.69. The van der Waals surface area contributed by atoms with Crippen molar-refractivity contribution in [2.24, 2.45) is 5.84 Å². The Morgan fingerprint density at radius 1 is 1.39 bits per heavy atom. The fourth-order valence-corrected chi connectivity index (χ4v) is 2.59. The number of nitrogens with zero attached hydrogens (tertiary/aromatic N) is 1. The Labute approximate surface area is 111 Å². The largest absolute Gasteiger partial charge is 0.496 e. The van der Waals surface area contributed by atoms with Gasteiger partial charge in [-0.15, -0.1) is 11.3 Å². The Morgan fingerprint density at radius 2 is 2.22 bits per heavy atom. The van der Waals surface area contributed by atoms with Gasteiger partial charge in [-0.25, -0.2) is 4.98 Å². The van der Waals surface area contributed by atoms with E-state index in [2.05, 4.69) is 16.5 Å². The number of para-hydroxylation sites is 1. The number of rotatable bonds is 6. The minimum atomic E-state index is 0.160. The zero-order valence-corrected chi connectivity index (χ0v) is 11.1. The lowest BCUT2D eigenvalue weighted by Crippen LogP contribution is -2.38. The van der Waals surface area contributed by atoms with E-state index < -0.39 is 0 Å². The molecule has 0 radical (unpaired) electrons. The molecule has 0 saturated heterocycles. The lowest BCUT2D eigenvalue weighted by atomic mass is 10.0. The lowest BCUT2D eigenvalue weighted by molar-refractivity contribution is 0.404. The van der Waals surface area contributed by atoms with Crippen LogP contribution >= 0.6 is 11.3 Å². The summed E-state index contributed by atoms with van der Waals surface area (Å²) in [5.41, 5.74) is 4.00. The average molecular weight is 263 g/mol. The summed E-state index contributed by atoms with van der Waals surface area (Å²) in [5, 5.41) is 3.07. The van der Waals surface area contributed by atoms with Gasteiger partial charge in [0, 0.05) is 24.0 Å². The van der Waals surface area contributed by atoms with E-state index in [0.717, 1.165) is 29.2 Å². The Balaban J connectivity index is 2.05. The van der Waals surface area contributed by atoms with Crippen LogP contribution in [0.1, 0.15) is 10.6 Å². The predicted molar refractivity (Wildman–Crippen MR) is 73.6 cm³/mol. The van der Waals surface area contributed by atoms with Gasteiger partial charge in [-0.05, 0) is 18.1 Å². The molecule has 0 saturated carbocycles. The summed E-state index contributed by atoms with van der Waals surface area (Å²) in [6.07, 6.45) is 3.46. The zero-order valence-electron chi connectivity index (χ0n) is 10.3. The molecule has 4 nitrogen and oxygen atoms in total. The Bertz CT molecular complexity index is 473. The van der Waals surface area contributed by atoms with E-state index in [1.165, 1.54) is 0 Å². The van der Waals surface area contributed by atoms with Crippen molar-refractivity contribution >= 4 is 11.3 Å². The molecule has 1 aromatic heterocycles. The van der Waals surface area contributed by atoms with Gasteiger partial charge in [0.1, 0.15) is 5.75 Å². The van der Waals surface area contributed by atoms with Gasteiger partial charge in [-0.1, -0.05) is 18.2 Å². The molecule has 1 atom stereocenters. The molecule has 2 rings (SSSR count). The molecular formula is C13H17N3OS. The summed E-state index contributed by atoms with van der Waals surface area (Å²) < 4.78 is 5.34. The van der Waals surface area contributed by atoms with Gasteiger partial charge in [0.05, 0.1) is 12.1 Å². The molecule has 1 unspecified atom stereocenters. The van der Waals surface area contributed by atoms with Gasteiger partial charge >= 0.3 is 0 Å². The Morgan fingerprint density at radius 3 is 2.89 bits per heavy atom. The first-order valence-corrected chi connectivity index (χ1v) is 6.68. The number of hydrogen-bond acceptors (Lipinski definition) is 5. The first-order valence-electron chi connectivity index (χ1n) is 5.80. The van der Waals surface area contributed by atoms with Gasteiger partial charge in [0.2, 0.25) is 0 Å². The molecule has 5 heteroatoms. The molecule has 1 aromatic carbocycles. The van der Waals surface area contributed by atoms with Crippen molar-refractivity contribution in [3.05, 3.63) is 46.4 Å². The van der Waals surface area contributed by atoms with Crippen LogP contribution in [0.15, 0.2) is 35.8 Å². The highest BCUT2D eigenvalue weighted by atomic mass is 32.1. The second kappa shape index (κ2) is 6.49.